The lowest BCUT2D eigenvalue weighted by Gasteiger charge is -2.11. The van der Waals surface area contributed by atoms with E-state index in [2.05, 4.69) is 26.5 Å². The van der Waals surface area contributed by atoms with Crippen molar-refractivity contribution in [1.82, 2.24) is 5.43 Å². The molecule has 0 fully saturated rings. The van der Waals surface area contributed by atoms with Gasteiger partial charge in [-0.05, 0) is 57.9 Å². The number of hydrogen-bond donors (Lipinski definition) is 1. The lowest BCUT2D eigenvalue weighted by atomic mass is 10.2. The van der Waals surface area contributed by atoms with Crippen molar-refractivity contribution in [3.63, 3.8) is 0 Å². The van der Waals surface area contributed by atoms with Gasteiger partial charge in [0, 0.05) is 10.5 Å². The summed E-state index contributed by atoms with van der Waals surface area (Å²) in [6.45, 7) is 0. The number of amides is 1. The number of benzene rings is 3. The molecule has 0 aliphatic rings. The molecule has 0 aliphatic heterocycles. The summed E-state index contributed by atoms with van der Waals surface area (Å²) in [5.74, 6) is -0.227. The third-order valence-corrected chi connectivity index (χ3v) is 4.95. The highest BCUT2D eigenvalue weighted by Gasteiger charge is 2.22. The normalized spacial score (nSPS) is 10.6. The van der Waals surface area contributed by atoms with Crippen molar-refractivity contribution in [3.05, 3.63) is 96.5 Å². The monoisotopic (exact) mass is 514 g/mol. The number of methoxy groups -OCH3 is 1. The van der Waals surface area contributed by atoms with E-state index >= 15 is 0 Å². The minimum Gasteiger partial charge on any atom is -0.493 e. The van der Waals surface area contributed by atoms with Gasteiger partial charge in [0.25, 0.3) is 11.6 Å². The highest BCUT2D eigenvalue weighted by atomic mass is 79.9. The highest BCUT2D eigenvalue weighted by molar-refractivity contribution is 9.10. The molecule has 0 bridgehead atoms. The Morgan fingerprint density at radius 2 is 1.73 bits per heavy atom. The fourth-order valence-corrected chi connectivity index (χ4v) is 3.15. The molecule has 3 rings (SSSR count). The van der Waals surface area contributed by atoms with Crippen molar-refractivity contribution in [3.8, 4) is 17.2 Å². The van der Waals surface area contributed by atoms with E-state index in [1.54, 1.807) is 36.4 Å². The molecule has 0 unspecified atom stereocenters. The molecule has 0 aromatic heterocycles. The maximum absolute atomic E-state index is 12.2. The molecule has 3 aromatic carbocycles. The molecule has 11 nitrogen and oxygen atoms in total. The van der Waals surface area contributed by atoms with Crippen LogP contribution in [0.3, 0.4) is 0 Å². The molecule has 0 radical (unpaired) electrons. The first-order valence-corrected chi connectivity index (χ1v) is 9.96. The van der Waals surface area contributed by atoms with E-state index in [-0.39, 0.29) is 17.2 Å². The topological polar surface area (TPSA) is 146 Å². The highest BCUT2D eigenvalue weighted by Crippen LogP contribution is 2.38. The zero-order chi connectivity index (χ0) is 24.0. The van der Waals surface area contributed by atoms with Crippen LogP contribution in [-0.2, 0) is 0 Å². The van der Waals surface area contributed by atoms with Gasteiger partial charge in [-0.25, -0.2) is 5.43 Å². The molecular formula is C21H15BrN4O7. The van der Waals surface area contributed by atoms with Gasteiger partial charge in [-0.1, -0.05) is 12.1 Å². The van der Waals surface area contributed by atoms with Gasteiger partial charge in [0.1, 0.15) is 0 Å². The largest absolute Gasteiger partial charge is 0.493 e. The second kappa shape index (κ2) is 10.3. The number of non-ortho nitro benzene ring substituents is 1. The first-order chi connectivity index (χ1) is 15.8. The summed E-state index contributed by atoms with van der Waals surface area (Å²) < 4.78 is 11.5. The van der Waals surface area contributed by atoms with Crippen molar-refractivity contribution in [2.75, 3.05) is 7.11 Å². The number of nitro groups is 2. The molecule has 0 spiro atoms. The minimum atomic E-state index is -0.774. The summed E-state index contributed by atoms with van der Waals surface area (Å²) in [4.78, 5) is 32.9. The van der Waals surface area contributed by atoms with Crippen LogP contribution in [0.4, 0.5) is 11.4 Å². The number of rotatable bonds is 8. The molecule has 1 amide bonds. The number of carbonyl (C=O) groups excluding carboxylic acids is 1. The molecular weight excluding hydrogens is 500 g/mol. The van der Waals surface area contributed by atoms with Gasteiger partial charge in [-0.3, -0.25) is 25.0 Å². The molecule has 0 aliphatic carbocycles. The standard InChI is InChI=1S/C21H15BrN4O7/c1-32-20-10-13(12-23-24-21(27)15-4-2-3-5-16(15)22)6-8-19(20)33-18-9-7-14(25(28)29)11-17(18)26(30)31/h2-12H,1H3,(H,24,27). The van der Waals surface area contributed by atoms with Gasteiger partial charge >= 0.3 is 5.69 Å². The number of hydrazone groups is 1. The second-order valence-corrected chi connectivity index (χ2v) is 7.21. The van der Waals surface area contributed by atoms with Crippen LogP contribution in [0, 0.1) is 20.2 Å². The molecule has 0 saturated heterocycles. The Hall–Kier alpha value is -4.32. The molecule has 0 heterocycles. The van der Waals surface area contributed by atoms with Gasteiger partial charge in [0.2, 0.25) is 5.75 Å². The van der Waals surface area contributed by atoms with Crippen LogP contribution >= 0.6 is 15.9 Å². The zero-order valence-corrected chi connectivity index (χ0v) is 18.5. The van der Waals surface area contributed by atoms with Crippen LogP contribution in [0.2, 0.25) is 0 Å². The van der Waals surface area contributed by atoms with Crippen molar-refractivity contribution >= 4 is 39.4 Å². The predicted octanol–water partition coefficient (Wildman–Crippen LogP) is 4.83. The first kappa shape index (κ1) is 23.3. The van der Waals surface area contributed by atoms with Crippen molar-refractivity contribution in [1.29, 1.82) is 0 Å². The summed E-state index contributed by atoms with van der Waals surface area (Å²) in [6.07, 6.45) is 1.38. The average Bonchev–Trinajstić information content (AvgIpc) is 2.80. The predicted molar refractivity (Wildman–Crippen MR) is 122 cm³/mol. The van der Waals surface area contributed by atoms with E-state index in [1.807, 2.05) is 0 Å². The molecule has 12 heteroatoms. The summed E-state index contributed by atoms with van der Waals surface area (Å²) in [5, 5.41) is 26.1. The van der Waals surface area contributed by atoms with E-state index < -0.39 is 27.1 Å². The van der Waals surface area contributed by atoms with Gasteiger partial charge in [0.05, 0.1) is 34.8 Å². The number of halogens is 1. The van der Waals surface area contributed by atoms with Gasteiger partial charge in [-0.2, -0.15) is 5.10 Å². The number of hydrogen-bond acceptors (Lipinski definition) is 8. The molecule has 168 valence electrons. The number of carbonyl (C=O) groups is 1. The molecule has 33 heavy (non-hydrogen) atoms. The van der Waals surface area contributed by atoms with Crippen LogP contribution in [0.5, 0.6) is 17.2 Å². The Bertz CT molecular complexity index is 1260. The Kier molecular flexibility index (Phi) is 7.31. The summed E-state index contributed by atoms with van der Waals surface area (Å²) in [5.41, 5.74) is 2.38. The number of nitrogens with one attached hydrogen (secondary N) is 1. The van der Waals surface area contributed by atoms with E-state index in [9.17, 15) is 25.0 Å². The summed E-state index contributed by atoms with van der Waals surface area (Å²) in [7, 11) is 1.38. The zero-order valence-electron chi connectivity index (χ0n) is 16.9. The van der Waals surface area contributed by atoms with Gasteiger partial charge < -0.3 is 9.47 Å². The van der Waals surface area contributed by atoms with Gasteiger partial charge in [0.15, 0.2) is 11.5 Å². The van der Waals surface area contributed by atoms with E-state index in [4.69, 9.17) is 9.47 Å². The number of nitro benzene ring substituents is 2. The SMILES string of the molecule is COc1cc(C=NNC(=O)c2ccccc2Br)ccc1Oc1ccc([N+](=O)[O-])cc1[N+](=O)[O-]. The third kappa shape index (κ3) is 5.68. The Balaban J connectivity index is 1.78. The smallest absolute Gasteiger partial charge is 0.318 e. The molecule has 1 N–H and O–H groups in total. The van der Waals surface area contributed by atoms with E-state index in [0.717, 1.165) is 18.2 Å². The number of nitrogens with zero attached hydrogens (tertiary/aromatic N) is 3. The fraction of sp³-hybridized carbons (Fsp3) is 0.0476. The van der Waals surface area contributed by atoms with Crippen LogP contribution in [0.15, 0.2) is 70.2 Å². The molecule has 0 atom stereocenters. The van der Waals surface area contributed by atoms with Crippen LogP contribution in [0.1, 0.15) is 15.9 Å². The van der Waals surface area contributed by atoms with Gasteiger partial charge in [-0.15, -0.1) is 0 Å². The number of ether oxygens (including phenoxy) is 2. The average molecular weight is 515 g/mol. The molecule has 3 aromatic rings. The van der Waals surface area contributed by atoms with Crippen molar-refractivity contribution in [2.45, 2.75) is 0 Å². The van der Waals surface area contributed by atoms with E-state index in [0.29, 0.717) is 15.6 Å². The first-order valence-electron chi connectivity index (χ1n) is 9.17. The summed E-state index contributed by atoms with van der Waals surface area (Å²) in [6, 6.07) is 14.6. The van der Waals surface area contributed by atoms with E-state index in [1.165, 1.54) is 19.4 Å². The Morgan fingerprint density at radius 3 is 2.39 bits per heavy atom. The lowest BCUT2D eigenvalue weighted by Crippen LogP contribution is -2.18. The third-order valence-electron chi connectivity index (χ3n) is 4.26. The van der Waals surface area contributed by atoms with Crippen LogP contribution < -0.4 is 14.9 Å². The Labute approximate surface area is 195 Å². The maximum atomic E-state index is 12.2. The van der Waals surface area contributed by atoms with Crippen LogP contribution in [0.25, 0.3) is 0 Å². The Morgan fingerprint density at radius 1 is 1.00 bits per heavy atom. The van der Waals surface area contributed by atoms with Crippen LogP contribution in [-0.4, -0.2) is 29.1 Å². The second-order valence-electron chi connectivity index (χ2n) is 6.36. The fourth-order valence-electron chi connectivity index (χ4n) is 2.69. The lowest BCUT2D eigenvalue weighted by molar-refractivity contribution is -0.394. The minimum absolute atomic E-state index is 0.142. The maximum Gasteiger partial charge on any atom is 0.318 e. The molecule has 0 saturated carbocycles. The van der Waals surface area contributed by atoms with Crippen molar-refractivity contribution < 1.29 is 24.1 Å². The van der Waals surface area contributed by atoms with Crippen molar-refractivity contribution in [2.24, 2.45) is 5.10 Å². The quantitative estimate of drug-likeness (QED) is 0.257. The summed E-state index contributed by atoms with van der Waals surface area (Å²) >= 11 is 3.29.